The van der Waals surface area contributed by atoms with Gasteiger partial charge in [-0.05, 0) is 13.8 Å². The number of aromatic nitrogens is 2. The van der Waals surface area contributed by atoms with Crippen LogP contribution >= 0.6 is 0 Å². The number of ether oxygens (including phenoxy) is 1. The molecule has 86 valence electrons. The standard InChI is InChI=1S/C10H13N3O3/c1-10(2)9-12-6(8(11)15)5-7(14)13(9)3-4-16-10/h5H,3-4H2,1-2H3,(H2,11,15). The number of primary amides is 1. The molecule has 1 amide bonds. The normalized spacial score (nSPS) is 17.9. The third kappa shape index (κ3) is 1.61. The van der Waals surface area contributed by atoms with Crippen LogP contribution < -0.4 is 11.3 Å². The van der Waals surface area contributed by atoms with Gasteiger partial charge in [0, 0.05) is 6.07 Å². The molecule has 0 unspecified atom stereocenters. The topological polar surface area (TPSA) is 87.2 Å². The van der Waals surface area contributed by atoms with Gasteiger partial charge in [-0.2, -0.15) is 0 Å². The zero-order chi connectivity index (χ0) is 11.9. The average Bonchev–Trinajstić information content (AvgIpc) is 2.18. The summed E-state index contributed by atoms with van der Waals surface area (Å²) in [5.74, 6) is -0.262. The van der Waals surface area contributed by atoms with Crippen LogP contribution in [0, 0.1) is 0 Å². The van der Waals surface area contributed by atoms with E-state index in [2.05, 4.69) is 4.98 Å². The van der Waals surface area contributed by atoms with Gasteiger partial charge in [0.1, 0.15) is 17.1 Å². The van der Waals surface area contributed by atoms with Gasteiger partial charge in [-0.15, -0.1) is 0 Å². The molecule has 1 aromatic heterocycles. The fourth-order valence-corrected chi connectivity index (χ4v) is 1.76. The second-order valence-corrected chi connectivity index (χ2v) is 4.18. The smallest absolute Gasteiger partial charge is 0.267 e. The summed E-state index contributed by atoms with van der Waals surface area (Å²) in [4.78, 5) is 26.8. The molecule has 0 bridgehead atoms. The first-order valence-electron chi connectivity index (χ1n) is 4.98. The van der Waals surface area contributed by atoms with Crippen LogP contribution in [0.2, 0.25) is 0 Å². The molecule has 0 aromatic carbocycles. The van der Waals surface area contributed by atoms with Crippen LogP contribution in [0.4, 0.5) is 0 Å². The predicted octanol–water partition coefficient (Wildman–Crippen LogP) is -0.393. The third-order valence-electron chi connectivity index (χ3n) is 2.58. The Balaban J connectivity index is 2.69. The third-order valence-corrected chi connectivity index (χ3v) is 2.58. The van der Waals surface area contributed by atoms with Crippen molar-refractivity contribution < 1.29 is 9.53 Å². The van der Waals surface area contributed by atoms with E-state index in [1.807, 2.05) is 0 Å². The summed E-state index contributed by atoms with van der Waals surface area (Å²) in [6.07, 6.45) is 0. The number of nitrogens with zero attached hydrogens (tertiary/aromatic N) is 2. The van der Waals surface area contributed by atoms with E-state index in [0.29, 0.717) is 19.0 Å². The molecule has 0 radical (unpaired) electrons. The molecule has 0 atom stereocenters. The molecule has 1 aliphatic rings. The Bertz CT molecular complexity index is 505. The highest BCUT2D eigenvalue weighted by atomic mass is 16.5. The second-order valence-electron chi connectivity index (χ2n) is 4.18. The minimum absolute atomic E-state index is 0.0187. The van der Waals surface area contributed by atoms with E-state index >= 15 is 0 Å². The van der Waals surface area contributed by atoms with E-state index in [1.165, 1.54) is 4.57 Å². The molecule has 0 spiro atoms. The van der Waals surface area contributed by atoms with Crippen LogP contribution in [0.15, 0.2) is 10.9 Å². The van der Waals surface area contributed by atoms with Crippen molar-refractivity contribution in [1.29, 1.82) is 0 Å². The second kappa shape index (κ2) is 3.41. The van der Waals surface area contributed by atoms with Crippen molar-refractivity contribution in [2.45, 2.75) is 26.0 Å². The van der Waals surface area contributed by atoms with E-state index in [0.717, 1.165) is 6.07 Å². The van der Waals surface area contributed by atoms with Crippen molar-refractivity contribution in [2.24, 2.45) is 5.73 Å². The summed E-state index contributed by atoms with van der Waals surface area (Å²) in [5.41, 5.74) is 4.15. The molecular weight excluding hydrogens is 210 g/mol. The molecule has 6 nitrogen and oxygen atoms in total. The summed E-state index contributed by atoms with van der Waals surface area (Å²) >= 11 is 0. The highest BCUT2D eigenvalue weighted by Crippen LogP contribution is 2.25. The molecule has 2 N–H and O–H groups in total. The van der Waals surface area contributed by atoms with Crippen molar-refractivity contribution in [1.82, 2.24) is 9.55 Å². The Kier molecular flexibility index (Phi) is 2.31. The van der Waals surface area contributed by atoms with Crippen LogP contribution in [0.3, 0.4) is 0 Å². The molecule has 0 aliphatic carbocycles. The SMILES string of the molecule is CC1(C)OCCn2c1nc(C(N)=O)cc2=O. The summed E-state index contributed by atoms with van der Waals surface area (Å²) in [6, 6.07) is 1.16. The Hall–Kier alpha value is -1.69. The summed E-state index contributed by atoms with van der Waals surface area (Å²) < 4.78 is 7.02. The largest absolute Gasteiger partial charge is 0.366 e. The first-order valence-corrected chi connectivity index (χ1v) is 4.98. The van der Waals surface area contributed by atoms with Crippen LogP contribution in [0.5, 0.6) is 0 Å². The quantitative estimate of drug-likeness (QED) is 0.702. The zero-order valence-electron chi connectivity index (χ0n) is 9.19. The lowest BCUT2D eigenvalue weighted by Gasteiger charge is -2.32. The van der Waals surface area contributed by atoms with E-state index in [1.54, 1.807) is 13.8 Å². The van der Waals surface area contributed by atoms with E-state index in [4.69, 9.17) is 10.5 Å². The molecule has 0 saturated carbocycles. The first kappa shape index (κ1) is 10.8. The van der Waals surface area contributed by atoms with Crippen LogP contribution in [0.25, 0.3) is 0 Å². The highest BCUT2D eigenvalue weighted by molar-refractivity contribution is 5.90. The van der Waals surface area contributed by atoms with E-state index in [9.17, 15) is 9.59 Å². The molecule has 16 heavy (non-hydrogen) atoms. The number of amides is 1. The van der Waals surface area contributed by atoms with E-state index in [-0.39, 0.29) is 11.3 Å². The summed E-state index contributed by atoms with van der Waals surface area (Å²) in [6.45, 7) is 4.51. The van der Waals surface area contributed by atoms with Crippen molar-refractivity contribution >= 4 is 5.91 Å². The van der Waals surface area contributed by atoms with Crippen LogP contribution in [-0.4, -0.2) is 22.1 Å². The maximum atomic E-state index is 11.7. The lowest BCUT2D eigenvalue weighted by Crippen LogP contribution is -2.41. The number of rotatable bonds is 1. The minimum Gasteiger partial charge on any atom is -0.366 e. The Morgan fingerprint density at radius 1 is 1.62 bits per heavy atom. The van der Waals surface area contributed by atoms with Gasteiger partial charge in [0.25, 0.3) is 11.5 Å². The summed E-state index contributed by atoms with van der Waals surface area (Å²) in [5, 5.41) is 0. The zero-order valence-corrected chi connectivity index (χ0v) is 9.19. The Labute approximate surface area is 92.0 Å². The Morgan fingerprint density at radius 3 is 2.94 bits per heavy atom. The summed E-state index contributed by atoms with van der Waals surface area (Å²) in [7, 11) is 0. The molecule has 2 heterocycles. The van der Waals surface area contributed by atoms with Gasteiger partial charge in [-0.1, -0.05) is 0 Å². The molecule has 1 aromatic rings. The molecule has 0 fully saturated rings. The monoisotopic (exact) mass is 223 g/mol. The molecule has 2 rings (SSSR count). The van der Waals surface area contributed by atoms with Crippen molar-refractivity contribution in [2.75, 3.05) is 6.61 Å². The van der Waals surface area contributed by atoms with Gasteiger partial charge < -0.3 is 10.5 Å². The van der Waals surface area contributed by atoms with E-state index < -0.39 is 11.5 Å². The fourth-order valence-electron chi connectivity index (χ4n) is 1.76. The maximum Gasteiger partial charge on any atom is 0.267 e. The number of nitrogens with two attached hydrogens (primary N) is 1. The lowest BCUT2D eigenvalue weighted by molar-refractivity contribution is -0.0564. The minimum atomic E-state index is -0.707. The van der Waals surface area contributed by atoms with Gasteiger partial charge in [-0.3, -0.25) is 14.2 Å². The number of carbonyl (C=O) groups is 1. The molecule has 1 aliphatic heterocycles. The predicted molar refractivity (Wildman–Crippen MR) is 56.0 cm³/mol. The van der Waals surface area contributed by atoms with Gasteiger partial charge in [0.05, 0.1) is 13.2 Å². The fraction of sp³-hybridized carbons (Fsp3) is 0.500. The van der Waals surface area contributed by atoms with Gasteiger partial charge in [-0.25, -0.2) is 4.98 Å². The van der Waals surface area contributed by atoms with Gasteiger partial charge >= 0.3 is 0 Å². The number of hydrogen-bond acceptors (Lipinski definition) is 4. The van der Waals surface area contributed by atoms with Crippen LogP contribution in [0.1, 0.15) is 30.2 Å². The number of fused-ring (bicyclic) bond motifs is 1. The van der Waals surface area contributed by atoms with Crippen molar-refractivity contribution in [3.05, 3.63) is 27.9 Å². The van der Waals surface area contributed by atoms with Gasteiger partial charge in [0.15, 0.2) is 0 Å². The lowest BCUT2D eigenvalue weighted by atomic mass is 10.1. The maximum absolute atomic E-state index is 11.7. The number of hydrogen-bond donors (Lipinski definition) is 1. The van der Waals surface area contributed by atoms with Crippen LogP contribution in [-0.2, 0) is 16.9 Å². The highest BCUT2D eigenvalue weighted by Gasteiger charge is 2.31. The van der Waals surface area contributed by atoms with Crippen molar-refractivity contribution in [3.63, 3.8) is 0 Å². The number of carbonyl (C=O) groups excluding carboxylic acids is 1. The molecule has 0 saturated heterocycles. The van der Waals surface area contributed by atoms with Crippen molar-refractivity contribution in [3.8, 4) is 0 Å². The Morgan fingerprint density at radius 2 is 2.31 bits per heavy atom. The average molecular weight is 223 g/mol. The molecule has 6 heteroatoms. The van der Waals surface area contributed by atoms with Gasteiger partial charge in [0.2, 0.25) is 0 Å². The first-order chi connectivity index (χ1) is 7.42. The molecular formula is C10H13N3O3.